The van der Waals surface area contributed by atoms with Crippen LogP contribution >= 0.6 is 55.1 Å². The van der Waals surface area contributed by atoms with Crippen LogP contribution in [-0.2, 0) is 0 Å². The molecule has 2 nitrogen and oxygen atoms in total. The fraction of sp³-hybridized carbons (Fsp3) is 0. The summed E-state index contributed by atoms with van der Waals surface area (Å²) in [5.74, 6) is 0.825. The summed E-state index contributed by atoms with van der Waals surface area (Å²) in [5.41, 5.74) is 0. The van der Waals surface area contributed by atoms with Crippen molar-refractivity contribution in [2.75, 3.05) is 0 Å². The Morgan fingerprint density at radius 1 is 1.00 bits per heavy atom. The molecule has 0 saturated heterocycles. The molecule has 0 aliphatic rings. The van der Waals surface area contributed by atoms with Crippen molar-refractivity contribution in [1.29, 1.82) is 0 Å². The van der Waals surface area contributed by atoms with Gasteiger partial charge in [0.25, 0.3) is 0 Å². The highest BCUT2D eigenvalue weighted by Gasteiger charge is 2.08. The van der Waals surface area contributed by atoms with Crippen molar-refractivity contribution in [2.45, 2.75) is 0 Å². The third-order valence-electron chi connectivity index (χ3n) is 1.87. The minimum absolute atomic E-state index is 0.319. The topological polar surface area (TPSA) is 22.1 Å². The van der Waals surface area contributed by atoms with Crippen LogP contribution in [0.5, 0.6) is 11.6 Å². The van der Waals surface area contributed by atoms with E-state index in [1.165, 1.54) is 0 Å². The van der Waals surface area contributed by atoms with Gasteiger partial charge in [0.2, 0.25) is 5.88 Å². The molecule has 0 radical (unpaired) electrons. The van der Waals surface area contributed by atoms with Crippen LogP contribution in [0.25, 0.3) is 0 Å². The third kappa shape index (κ3) is 3.35. The smallest absolute Gasteiger partial charge is 0.238 e. The lowest BCUT2D eigenvalue weighted by Gasteiger charge is -2.08. The predicted molar refractivity (Wildman–Crippen MR) is 76.2 cm³/mol. The Balaban J connectivity index is 2.31. The summed E-state index contributed by atoms with van der Waals surface area (Å²) in [6, 6.07) is 7.01. The molecule has 88 valence electrons. The highest BCUT2D eigenvalue weighted by atomic mass is 79.9. The van der Waals surface area contributed by atoms with Gasteiger partial charge in [-0.3, -0.25) is 0 Å². The molecule has 0 fully saturated rings. The number of rotatable bonds is 2. The van der Waals surface area contributed by atoms with E-state index in [0.717, 1.165) is 8.95 Å². The molecular formula is C11H5Br2Cl2NO. The number of benzene rings is 1. The Morgan fingerprint density at radius 2 is 1.71 bits per heavy atom. The SMILES string of the molecule is Clc1cc(Br)ccc1Oc1ncc(Br)cc1Cl. The summed E-state index contributed by atoms with van der Waals surface area (Å²) in [6.45, 7) is 0. The second kappa shape index (κ2) is 5.57. The molecule has 0 spiro atoms. The highest BCUT2D eigenvalue weighted by Crippen LogP contribution is 2.34. The lowest BCUT2D eigenvalue weighted by Crippen LogP contribution is -1.89. The van der Waals surface area contributed by atoms with Crippen LogP contribution in [0.3, 0.4) is 0 Å². The van der Waals surface area contributed by atoms with E-state index in [0.29, 0.717) is 21.7 Å². The molecule has 0 unspecified atom stereocenters. The normalized spacial score (nSPS) is 10.4. The van der Waals surface area contributed by atoms with E-state index in [2.05, 4.69) is 36.8 Å². The zero-order valence-electron chi connectivity index (χ0n) is 8.25. The Kier molecular flexibility index (Phi) is 4.31. The van der Waals surface area contributed by atoms with Crippen molar-refractivity contribution in [3.63, 3.8) is 0 Å². The van der Waals surface area contributed by atoms with Gasteiger partial charge in [0.1, 0.15) is 10.8 Å². The summed E-state index contributed by atoms with van der Waals surface area (Å²) in [7, 11) is 0. The molecule has 2 rings (SSSR count). The van der Waals surface area contributed by atoms with Crippen molar-refractivity contribution in [3.8, 4) is 11.6 Å². The Labute approximate surface area is 125 Å². The first-order valence-corrected chi connectivity index (χ1v) is 6.84. The molecule has 6 heteroatoms. The van der Waals surface area contributed by atoms with Gasteiger partial charge >= 0.3 is 0 Å². The first-order chi connectivity index (χ1) is 8.06. The van der Waals surface area contributed by atoms with Gasteiger partial charge in [-0.15, -0.1) is 0 Å². The van der Waals surface area contributed by atoms with Crippen LogP contribution in [0, 0.1) is 0 Å². The number of hydrogen-bond acceptors (Lipinski definition) is 2. The number of pyridine rings is 1. The van der Waals surface area contributed by atoms with Crippen molar-refractivity contribution in [1.82, 2.24) is 4.98 Å². The fourth-order valence-electron chi connectivity index (χ4n) is 1.14. The van der Waals surface area contributed by atoms with E-state index in [4.69, 9.17) is 27.9 Å². The van der Waals surface area contributed by atoms with E-state index in [1.807, 2.05) is 6.07 Å². The van der Waals surface area contributed by atoms with E-state index in [-0.39, 0.29) is 0 Å². The van der Waals surface area contributed by atoms with Crippen LogP contribution in [-0.4, -0.2) is 4.98 Å². The fourth-order valence-corrected chi connectivity index (χ4v) is 2.52. The standard InChI is InChI=1S/C11H5Br2Cl2NO/c12-6-1-2-10(8(14)3-6)17-11-9(15)4-7(13)5-16-11/h1-5H. The number of halogens is 4. The maximum atomic E-state index is 6.03. The number of nitrogens with zero attached hydrogens (tertiary/aromatic N) is 1. The van der Waals surface area contributed by atoms with Crippen LogP contribution in [0.15, 0.2) is 39.4 Å². The molecule has 1 aromatic carbocycles. The summed E-state index contributed by atoms with van der Waals surface area (Å²) < 4.78 is 7.20. The van der Waals surface area contributed by atoms with Crippen LogP contribution in [0.2, 0.25) is 10.0 Å². The van der Waals surface area contributed by atoms with Gasteiger partial charge in [0, 0.05) is 15.1 Å². The summed E-state index contributed by atoms with van der Waals surface area (Å²) in [4.78, 5) is 4.07. The number of hydrogen-bond donors (Lipinski definition) is 0. The summed E-state index contributed by atoms with van der Waals surface area (Å²) in [5, 5.41) is 0.901. The van der Waals surface area contributed by atoms with Crippen molar-refractivity contribution < 1.29 is 4.74 Å². The third-order valence-corrected chi connectivity index (χ3v) is 3.37. The molecule has 0 aliphatic heterocycles. The largest absolute Gasteiger partial charge is 0.436 e. The van der Waals surface area contributed by atoms with Crippen molar-refractivity contribution >= 4 is 55.1 Å². The van der Waals surface area contributed by atoms with E-state index in [1.54, 1.807) is 24.4 Å². The Bertz CT molecular complexity index is 514. The lowest BCUT2D eigenvalue weighted by molar-refractivity contribution is 0.463. The maximum Gasteiger partial charge on any atom is 0.238 e. The zero-order chi connectivity index (χ0) is 12.4. The highest BCUT2D eigenvalue weighted by molar-refractivity contribution is 9.10. The predicted octanol–water partition coefficient (Wildman–Crippen LogP) is 5.71. The van der Waals surface area contributed by atoms with Gasteiger partial charge < -0.3 is 4.74 Å². The van der Waals surface area contributed by atoms with Crippen molar-refractivity contribution in [3.05, 3.63) is 49.5 Å². The van der Waals surface area contributed by atoms with Gasteiger partial charge in [-0.2, -0.15) is 0 Å². The molecule has 0 aliphatic carbocycles. The minimum Gasteiger partial charge on any atom is -0.436 e. The first-order valence-electron chi connectivity index (χ1n) is 4.50. The summed E-state index contributed by atoms with van der Waals surface area (Å²) >= 11 is 18.6. The van der Waals surface area contributed by atoms with Crippen molar-refractivity contribution in [2.24, 2.45) is 0 Å². The minimum atomic E-state index is 0.319. The number of aromatic nitrogens is 1. The molecule has 17 heavy (non-hydrogen) atoms. The monoisotopic (exact) mass is 395 g/mol. The zero-order valence-corrected chi connectivity index (χ0v) is 12.9. The van der Waals surface area contributed by atoms with E-state index < -0.39 is 0 Å². The van der Waals surface area contributed by atoms with Gasteiger partial charge in [-0.25, -0.2) is 4.98 Å². The second-order valence-electron chi connectivity index (χ2n) is 3.12. The molecular weight excluding hydrogens is 393 g/mol. The average Bonchev–Trinajstić information content (AvgIpc) is 2.25. The molecule has 1 aromatic heterocycles. The van der Waals surface area contributed by atoms with Gasteiger partial charge in [0.15, 0.2) is 0 Å². The quantitative estimate of drug-likeness (QED) is 0.647. The first kappa shape index (κ1) is 13.1. The van der Waals surface area contributed by atoms with Gasteiger partial charge in [-0.1, -0.05) is 39.1 Å². The lowest BCUT2D eigenvalue weighted by atomic mass is 10.3. The van der Waals surface area contributed by atoms with E-state index >= 15 is 0 Å². The Hall–Kier alpha value is -0.290. The summed E-state index contributed by atoms with van der Waals surface area (Å²) in [6.07, 6.45) is 1.61. The number of ether oxygens (including phenoxy) is 1. The second-order valence-corrected chi connectivity index (χ2v) is 5.76. The molecule has 1 heterocycles. The average molecular weight is 398 g/mol. The molecule has 0 N–H and O–H groups in total. The maximum absolute atomic E-state index is 6.03. The van der Waals surface area contributed by atoms with Crippen LogP contribution in [0.1, 0.15) is 0 Å². The van der Waals surface area contributed by atoms with E-state index in [9.17, 15) is 0 Å². The van der Waals surface area contributed by atoms with Crippen LogP contribution < -0.4 is 4.74 Å². The van der Waals surface area contributed by atoms with Crippen LogP contribution in [0.4, 0.5) is 0 Å². The Morgan fingerprint density at radius 3 is 2.35 bits per heavy atom. The molecule has 0 bridgehead atoms. The van der Waals surface area contributed by atoms with Gasteiger partial charge in [-0.05, 0) is 40.2 Å². The molecule has 0 atom stereocenters. The molecule has 2 aromatic rings. The molecule has 0 amide bonds. The van der Waals surface area contributed by atoms with Gasteiger partial charge in [0.05, 0.1) is 5.02 Å². The molecule has 0 saturated carbocycles.